The van der Waals surface area contributed by atoms with E-state index in [1.807, 2.05) is 0 Å². The van der Waals surface area contributed by atoms with Gasteiger partial charge in [0.05, 0.1) is 0 Å². The van der Waals surface area contributed by atoms with Crippen LogP contribution in [0, 0.1) is 0 Å². The minimum absolute atomic E-state index is 0.256. The summed E-state index contributed by atoms with van der Waals surface area (Å²) < 4.78 is 26.5. The van der Waals surface area contributed by atoms with E-state index in [0.717, 1.165) is 38.4 Å². The molecule has 0 unspecified atom stereocenters. The molecule has 142 valence electrons. The van der Waals surface area contributed by atoms with E-state index in [1.54, 1.807) is 30.3 Å². The second-order valence-electron chi connectivity index (χ2n) is 5.96. The molecule has 0 aromatic heterocycles. The molecule has 0 atom stereocenters. The lowest BCUT2D eigenvalue weighted by Gasteiger charge is -2.33. The Kier molecular flexibility index (Phi) is 7.14. The quantitative estimate of drug-likeness (QED) is 0.404. The standard InChI is InChI=1S/C18H24NO6P/c1-14(25-26(22,23-2)24-3)17(20)19(16-12-8-5-9-13-16)18(21)15-10-6-4-7-11-15/h4,6-7,10-11,16H,1,5,8-9,12-13H2,2-3H3. The average Bonchev–Trinajstić information content (AvgIpc) is 2.69. The Balaban J connectivity index is 2.28. The predicted molar refractivity (Wildman–Crippen MR) is 96.3 cm³/mol. The van der Waals surface area contributed by atoms with Gasteiger partial charge in [0.15, 0.2) is 5.76 Å². The second kappa shape index (κ2) is 9.12. The highest BCUT2D eigenvalue weighted by atomic mass is 31.2. The first-order chi connectivity index (χ1) is 12.4. The van der Waals surface area contributed by atoms with Gasteiger partial charge in [-0.2, -0.15) is 0 Å². The minimum Gasteiger partial charge on any atom is -0.399 e. The van der Waals surface area contributed by atoms with Gasteiger partial charge in [0.1, 0.15) is 0 Å². The van der Waals surface area contributed by atoms with Crippen LogP contribution in [-0.4, -0.2) is 37.0 Å². The second-order valence-corrected chi connectivity index (χ2v) is 7.77. The Hall–Kier alpha value is -1.95. The fourth-order valence-electron chi connectivity index (χ4n) is 2.94. The van der Waals surface area contributed by atoms with Crippen molar-refractivity contribution < 1.29 is 27.7 Å². The third-order valence-corrected chi connectivity index (χ3v) is 5.64. The van der Waals surface area contributed by atoms with E-state index in [-0.39, 0.29) is 6.04 Å². The van der Waals surface area contributed by atoms with Crippen molar-refractivity contribution in [2.45, 2.75) is 38.1 Å². The van der Waals surface area contributed by atoms with E-state index < -0.39 is 25.4 Å². The highest BCUT2D eigenvalue weighted by Crippen LogP contribution is 2.49. The number of hydrogen-bond donors (Lipinski definition) is 0. The van der Waals surface area contributed by atoms with Gasteiger partial charge in [-0.15, -0.1) is 0 Å². The van der Waals surface area contributed by atoms with Gasteiger partial charge < -0.3 is 4.52 Å². The van der Waals surface area contributed by atoms with Crippen molar-refractivity contribution >= 4 is 19.6 Å². The Morgan fingerprint density at radius 3 is 2.19 bits per heavy atom. The Morgan fingerprint density at radius 2 is 1.65 bits per heavy atom. The van der Waals surface area contributed by atoms with Gasteiger partial charge in [0, 0.05) is 25.8 Å². The van der Waals surface area contributed by atoms with Crippen molar-refractivity contribution in [2.24, 2.45) is 0 Å². The maximum absolute atomic E-state index is 13.0. The number of phosphoric ester groups is 1. The molecule has 1 aliphatic carbocycles. The Labute approximate surface area is 153 Å². The number of benzene rings is 1. The number of imide groups is 1. The molecule has 1 aliphatic rings. The lowest BCUT2D eigenvalue weighted by atomic mass is 9.93. The minimum atomic E-state index is -3.93. The molecule has 7 nitrogen and oxygen atoms in total. The van der Waals surface area contributed by atoms with Gasteiger partial charge in [-0.1, -0.05) is 44.0 Å². The number of rotatable bonds is 7. The smallest absolute Gasteiger partial charge is 0.399 e. The van der Waals surface area contributed by atoms with Crippen molar-refractivity contribution in [3.63, 3.8) is 0 Å². The van der Waals surface area contributed by atoms with Crippen LogP contribution in [0.15, 0.2) is 42.7 Å². The van der Waals surface area contributed by atoms with Crippen molar-refractivity contribution in [1.29, 1.82) is 0 Å². The fraction of sp³-hybridized carbons (Fsp3) is 0.444. The predicted octanol–water partition coefficient (Wildman–Crippen LogP) is 3.92. The van der Waals surface area contributed by atoms with Crippen LogP contribution in [-0.2, 0) is 22.9 Å². The van der Waals surface area contributed by atoms with Crippen LogP contribution in [0.2, 0.25) is 0 Å². The molecule has 1 saturated carbocycles. The first-order valence-electron chi connectivity index (χ1n) is 8.45. The summed E-state index contributed by atoms with van der Waals surface area (Å²) in [6.45, 7) is 3.53. The van der Waals surface area contributed by atoms with E-state index >= 15 is 0 Å². The molecule has 1 fully saturated rings. The molecule has 1 aromatic carbocycles. The molecule has 0 saturated heterocycles. The first kappa shape index (κ1) is 20.4. The molecule has 2 amide bonds. The number of nitrogens with zero attached hydrogens (tertiary/aromatic N) is 1. The molecule has 0 aliphatic heterocycles. The van der Waals surface area contributed by atoms with Crippen molar-refractivity contribution in [1.82, 2.24) is 4.90 Å². The van der Waals surface area contributed by atoms with Gasteiger partial charge in [-0.05, 0) is 25.0 Å². The summed E-state index contributed by atoms with van der Waals surface area (Å²) >= 11 is 0. The van der Waals surface area contributed by atoms with Gasteiger partial charge in [-0.3, -0.25) is 23.5 Å². The number of hydrogen-bond acceptors (Lipinski definition) is 6. The number of carbonyl (C=O) groups is 2. The van der Waals surface area contributed by atoms with Crippen LogP contribution < -0.4 is 0 Å². The highest BCUT2D eigenvalue weighted by molar-refractivity contribution is 7.48. The highest BCUT2D eigenvalue weighted by Gasteiger charge is 2.36. The van der Waals surface area contributed by atoms with E-state index in [4.69, 9.17) is 4.52 Å². The molecule has 0 bridgehead atoms. The first-order valence-corrected chi connectivity index (χ1v) is 9.91. The monoisotopic (exact) mass is 381 g/mol. The van der Waals surface area contributed by atoms with Gasteiger partial charge in [0.2, 0.25) is 0 Å². The zero-order chi connectivity index (χ0) is 19.2. The summed E-state index contributed by atoms with van der Waals surface area (Å²) in [6.07, 6.45) is 4.35. The van der Waals surface area contributed by atoms with Gasteiger partial charge >= 0.3 is 7.82 Å². The zero-order valence-corrected chi connectivity index (χ0v) is 15.9. The molecular formula is C18H24NO6P. The topological polar surface area (TPSA) is 82.1 Å². The molecule has 0 spiro atoms. The molecule has 26 heavy (non-hydrogen) atoms. The van der Waals surface area contributed by atoms with Crippen molar-refractivity contribution in [2.75, 3.05) is 14.2 Å². The fourth-order valence-corrected chi connectivity index (χ4v) is 3.59. The van der Waals surface area contributed by atoms with E-state index in [9.17, 15) is 14.2 Å². The summed E-state index contributed by atoms with van der Waals surface area (Å²) in [6, 6.07) is 8.28. The number of amides is 2. The summed E-state index contributed by atoms with van der Waals surface area (Å²) in [5.41, 5.74) is 0.390. The third-order valence-electron chi connectivity index (χ3n) is 4.31. The van der Waals surface area contributed by atoms with Crippen LogP contribution in [0.4, 0.5) is 0 Å². The molecular weight excluding hydrogens is 357 g/mol. The van der Waals surface area contributed by atoms with Crippen LogP contribution in [0.25, 0.3) is 0 Å². The van der Waals surface area contributed by atoms with Crippen LogP contribution in [0.5, 0.6) is 0 Å². The molecule has 2 rings (SSSR count). The average molecular weight is 381 g/mol. The van der Waals surface area contributed by atoms with Crippen LogP contribution >= 0.6 is 7.82 Å². The summed E-state index contributed by atoms with van der Waals surface area (Å²) in [5.74, 6) is -1.62. The molecule has 0 radical (unpaired) electrons. The number of carbonyl (C=O) groups excluding carboxylic acids is 2. The third kappa shape index (κ3) is 4.81. The molecule has 1 aromatic rings. The Morgan fingerprint density at radius 1 is 1.08 bits per heavy atom. The van der Waals surface area contributed by atoms with Crippen LogP contribution in [0.1, 0.15) is 42.5 Å². The SMILES string of the molecule is C=C(OP(=O)(OC)OC)C(=O)N(C(=O)c1ccccc1)C1CCCCC1. The summed E-state index contributed by atoms with van der Waals surface area (Å²) in [4.78, 5) is 27.0. The maximum Gasteiger partial charge on any atom is 0.529 e. The van der Waals surface area contributed by atoms with Crippen molar-refractivity contribution in [3.05, 3.63) is 48.2 Å². The van der Waals surface area contributed by atoms with Crippen LogP contribution in [0.3, 0.4) is 0 Å². The molecule has 8 heteroatoms. The largest absolute Gasteiger partial charge is 0.529 e. The lowest BCUT2D eigenvalue weighted by Crippen LogP contribution is -2.46. The van der Waals surface area contributed by atoms with Gasteiger partial charge in [-0.25, -0.2) is 4.57 Å². The zero-order valence-electron chi connectivity index (χ0n) is 15.1. The maximum atomic E-state index is 13.0. The summed E-state index contributed by atoms with van der Waals surface area (Å²) in [7, 11) is -1.66. The van der Waals surface area contributed by atoms with Gasteiger partial charge in [0.25, 0.3) is 11.8 Å². The van der Waals surface area contributed by atoms with E-state index in [2.05, 4.69) is 15.6 Å². The Bertz CT molecular complexity index is 691. The lowest BCUT2D eigenvalue weighted by molar-refractivity contribution is -0.129. The van der Waals surface area contributed by atoms with E-state index in [0.29, 0.717) is 18.4 Å². The van der Waals surface area contributed by atoms with E-state index in [1.165, 1.54) is 0 Å². The normalized spacial score (nSPS) is 15.3. The number of phosphoric acid groups is 1. The molecule has 0 heterocycles. The van der Waals surface area contributed by atoms with Crippen molar-refractivity contribution in [3.8, 4) is 0 Å². The summed E-state index contributed by atoms with van der Waals surface area (Å²) in [5, 5.41) is 0. The molecule has 0 N–H and O–H groups in total.